The highest BCUT2D eigenvalue weighted by atomic mass is 19.1. The Morgan fingerprint density at radius 1 is 1.38 bits per heavy atom. The van der Waals surface area contributed by atoms with Crippen LogP contribution >= 0.6 is 0 Å². The van der Waals surface area contributed by atoms with Crippen LogP contribution < -0.4 is 11.3 Å². The summed E-state index contributed by atoms with van der Waals surface area (Å²) in [6.45, 7) is 7.47. The minimum absolute atomic E-state index is 0.114. The van der Waals surface area contributed by atoms with E-state index in [0.29, 0.717) is 11.3 Å². The summed E-state index contributed by atoms with van der Waals surface area (Å²) in [5.74, 6) is 5.08. The van der Waals surface area contributed by atoms with Gasteiger partial charge in [0.15, 0.2) is 0 Å². The molecule has 3 rings (SSSR count). The Balaban J connectivity index is 2.03. The van der Waals surface area contributed by atoms with Gasteiger partial charge in [-0.3, -0.25) is 10.3 Å². The van der Waals surface area contributed by atoms with E-state index in [9.17, 15) is 4.39 Å². The number of nitrogens with two attached hydrogens (primary N) is 1. The van der Waals surface area contributed by atoms with Gasteiger partial charge < -0.3 is 10.7 Å². The zero-order valence-corrected chi connectivity index (χ0v) is 15.0. The van der Waals surface area contributed by atoms with Gasteiger partial charge in [0.05, 0.1) is 11.9 Å². The molecule has 0 bridgehead atoms. The maximum atomic E-state index is 14.5. The molecule has 136 valence electrons. The molecule has 0 radical (unpaired) electrons. The van der Waals surface area contributed by atoms with Crippen molar-refractivity contribution in [1.29, 1.82) is 0 Å². The van der Waals surface area contributed by atoms with Gasteiger partial charge in [-0.1, -0.05) is 24.8 Å². The fraction of sp³-hybridized carbons (Fsp3) is 0.250. The molecule has 1 fully saturated rings. The van der Waals surface area contributed by atoms with Crippen molar-refractivity contribution >= 4 is 18.0 Å². The number of halogens is 1. The molecular weight excluding hydrogens is 331 g/mol. The molecule has 0 spiro atoms. The molecule has 26 heavy (non-hydrogen) atoms. The lowest BCUT2D eigenvalue weighted by atomic mass is 9.95. The van der Waals surface area contributed by atoms with Crippen LogP contribution in [0.1, 0.15) is 16.7 Å². The molecule has 6 heteroatoms. The van der Waals surface area contributed by atoms with Crippen molar-refractivity contribution in [2.45, 2.75) is 13.0 Å². The smallest absolute Gasteiger partial charge is 0.131 e. The third-order valence-corrected chi connectivity index (χ3v) is 4.51. The predicted octanol–water partition coefficient (Wildman–Crippen LogP) is 3.39. The number of nitrogens with one attached hydrogen (secondary N) is 1. The second-order valence-corrected chi connectivity index (χ2v) is 6.50. The number of aryl methyl sites for hydroxylation is 1. The van der Waals surface area contributed by atoms with Gasteiger partial charge in [-0.05, 0) is 43.3 Å². The monoisotopic (exact) mass is 354 g/mol. The number of rotatable bonds is 6. The molecule has 1 saturated heterocycles. The number of benzene rings is 2. The van der Waals surface area contributed by atoms with Crippen molar-refractivity contribution in [2.24, 2.45) is 10.9 Å². The Hall–Kier alpha value is -2.70. The Morgan fingerprint density at radius 2 is 2.15 bits per heavy atom. The van der Waals surface area contributed by atoms with Gasteiger partial charge in [-0.25, -0.2) is 4.39 Å². The minimum Gasteiger partial charge on any atom is -0.323 e. The summed E-state index contributed by atoms with van der Waals surface area (Å²) < 4.78 is 14.5. The van der Waals surface area contributed by atoms with Crippen molar-refractivity contribution in [2.75, 3.05) is 25.6 Å². The lowest BCUT2D eigenvalue weighted by Gasteiger charge is -2.35. The van der Waals surface area contributed by atoms with Gasteiger partial charge in [-0.15, -0.1) is 0 Å². The van der Waals surface area contributed by atoms with E-state index < -0.39 is 0 Å². The van der Waals surface area contributed by atoms with Gasteiger partial charge in [0.2, 0.25) is 0 Å². The molecule has 0 aliphatic carbocycles. The van der Waals surface area contributed by atoms with Gasteiger partial charge in [0, 0.05) is 29.8 Å². The molecular formula is C20H23FN4O. The summed E-state index contributed by atoms with van der Waals surface area (Å²) in [6, 6.07) is 8.74. The molecule has 0 atom stereocenters. The molecule has 1 heterocycles. The van der Waals surface area contributed by atoms with E-state index in [1.54, 1.807) is 12.1 Å². The third-order valence-electron chi connectivity index (χ3n) is 4.51. The van der Waals surface area contributed by atoms with Crippen LogP contribution in [0.25, 0.3) is 17.2 Å². The largest absolute Gasteiger partial charge is 0.323 e. The van der Waals surface area contributed by atoms with Crippen molar-refractivity contribution in [3.8, 4) is 11.1 Å². The second kappa shape index (κ2) is 7.68. The highest BCUT2D eigenvalue weighted by Crippen LogP contribution is 2.33. The van der Waals surface area contributed by atoms with Gasteiger partial charge in [-0.2, -0.15) is 5.10 Å². The number of nitrogens with zero attached hydrogens (tertiary/aromatic N) is 2. The molecule has 0 amide bonds. The molecule has 0 saturated carbocycles. The van der Waals surface area contributed by atoms with Crippen LogP contribution in [0.15, 0.2) is 42.0 Å². The summed E-state index contributed by atoms with van der Waals surface area (Å²) in [5, 5.41) is 3.63. The maximum Gasteiger partial charge on any atom is 0.131 e. The number of hydrogen-bond donors (Lipinski definition) is 2. The Labute approximate surface area is 152 Å². The van der Waals surface area contributed by atoms with Crippen LogP contribution in [0, 0.1) is 12.7 Å². The van der Waals surface area contributed by atoms with Crippen LogP contribution in [0.2, 0.25) is 0 Å². The molecule has 2 aromatic carbocycles. The molecule has 0 unspecified atom stereocenters. The number of likely N-dealkylation sites (tertiary alicyclic amines) is 1. The molecule has 1 aliphatic heterocycles. The molecule has 3 N–H and O–H groups in total. The first-order chi connectivity index (χ1) is 12.5. The fourth-order valence-corrected chi connectivity index (χ4v) is 3.18. The SMILES string of the molecule is C=Cc1c(/C=N\N)cc(-c2c(C)cccc2F)cc1NOC1CN(C)C1. The standard InChI is InChI=1S/C20H23FN4O/c1-4-17-15(10-23-22)8-14(20-13(2)6-5-7-18(20)21)9-19(17)24-26-16-11-25(3)12-16/h4-10,16,24H,1,11-12,22H2,2-3H3/b23-10-. The number of anilines is 1. The quantitative estimate of drug-likeness (QED) is 0.474. The predicted molar refractivity (Wildman–Crippen MR) is 104 cm³/mol. The van der Waals surface area contributed by atoms with Crippen molar-refractivity contribution in [3.05, 3.63) is 59.4 Å². The normalized spacial score (nSPS) is 15.2. The Bertz CT molecular complexity index is 824. The van der Waals surface area contributed by atoms with Gasteiger partial charge in [0.1, 0.15) is 11.9 Å². The zero-order valence-electron chi connectivity index (χ0n) is 15.0. The fourth-order valence-electron chi connectivity index (χ4n) is 3.18. The highest BCUT2D eigenvalue weighted by Gasteiger charge is 2.24. The third kappa shape index (κ3) is 3.61. The summed E-state index contributed by atoms with van der Waals surface area (Å²) in [5.41, 5.74) is 7.35. The zero-order chi connectivity index (χ0) is 18.7. The van der Waals surface area contributed by atoms with Crippen LogP contribution in [-0.2, 0) is 4.84 Å². The first kappa shape index (κ1) is 18.1. The molecule has 2 aromatic rings. The van der Waals surface area contributed by atoms with E-state index >= 15 is 0 Å². The molecule has 0 aromatic heterocycles. The van der Waals surface area contributed by atoms with E-state index in [2.05, 4.69) is 22.1 Å². The van der Waals surface area contributed by atoms with Crippen LogP contribution in [0.5, 0.6) is 0 Å². The summed E-state index contributed by atoms with van der Waals surface area (Å²) in [6.07, 6.45) is 3.34. The van der Waals surface area contributed by atoms with E-state index in [0.717, 1.165) is 35.3 Å². The minimum atomic E-state index is -0.278. The van der Waals surface area contributed by atoms with Crippen LogP contribution in [0.4, 0.5) is 10.1 Å². The van der Waals surface area contributed by atoms with Crippen LogP contribution in [0.3, 0.4) is 0 Å². The lowest BCUT2D eigenvalue weighted by molar-refractivity contribution is -0.0167. The molecule has 1 aliphatic rings. The highest BCUT2D eigenvalue weighted by molar-refractivity contribution is 5.92. The van der Waals surface area contributed by atoms with E-state index in [1.165, 1.54) is 12.3 Å². The topological polar surface area (TPSA) is 62.9 Å². The summed E-state index contributed by atoms with van der Waals surface area (Å²) in [4.78, 5) is 7.91. The average molecular weight is 354 g/mol. The van der Waals surface area contributed by atoms with Crippen molar-refractivity contribution in [1.82, 2.24) is 4.90 Å². The number of hydrazone groups is 1. The van der Waals surface area contributed by atoms with E-state index in [4.69, 9.17) is 10.7 Å². The number of hydrogen-bond acceptors (Lipinski definition) is 5. The van der Waals surface area contributed by atoms with Gasteiger partial charge >= 0.3 is 0 Å². The molecule has 5 nitrogen and oxygen atoms in total. The summed E-state index contributed by atoms with van der Waals surface area (Å²) >= 11 is 0. The second-order valence-electron chi connectivity index (χ2n) is 6.50. The van der Waals surface area contributed by atoms with E-state index in [-0.39, 0.29) is 11.9 Å². The van der Waals surface area contributed by atoms with Crippen LogP contribution in [-0.4, -0.2) is 37.4 Å². The van der Waals surface area contributed by atoms with Crippen molar-refractivity contribution < 1.29 is 9.23 Å². The average Bonchev–Trinajstić information content (AvgIpc) is 2.58. The Morgan fingerprint density at radius 3 is 2.77 bits per heavy atom. The summed E-state index contributed by atoms with van der Waals surface area (Å²) in [7, 11) is 2.03. The lowest BCUT2D eigenvalue weighted by Crippen LogP contribution is -2.50. The van der Waals surface area contributed by atoms with Crippen molar-refractivity contribution in [3.63, 3.8) is 0 Å². The first-order valence-corrected chi connectivity index (χ1v) is 8.43. The first-order valence-electron chi connectivity index (χ1n) is 8.43. The Kier molecular flexibility index (Phi) is 5.35. The van der Waals surface area contributed by atoms with E-state index in [1.807, 2.05) is 32.2 Å². The van der Waals surface area contributed by atoms with Gasteiger partial charge in [0.25, 0.3) is 0 Å². The maximum absolute atomic E-state index is 14.5. The number of likely N-dealkylation sites (N-methyl/N-ethyl adjacent to an activating group) is 1.